The number of para-hydroxylation sites is 1. The second-order valence-corrected chi connectivity index (χ2v) is 10.2. The molecule has 0 bridgehead atoms. The Balaban J connectivity index is 1.45. The Hall–Kier alpha value is -3.72. The second-order valence-electron chi connectivity index (χ2n) is 10.2. The highest BCUT2D eigenvalue weighted by Crippen LogP contribution is 2.45. The molecule has 2 N–H and O–H groups in total. The van der Waals surface area contributed by atoms with Crippen LogP contribution in [-0.2, 0) is 0 Å². The van der Waals surface area contributed by atoms with Gasteiger partial charge >= 0.3 is 0 Å². The van der Waals surface area contributed by atoms with Crippen molar-refractivity contribution in [1.82, 2.24) is 25.3 Å². The Bertz CT molecular complexity index is 1430. The monoisotopic (exact) mass is 487 g/mol. The third-order valence-electron chi connectivity index (χ3n) is 6.74. The Labute approximate surface area is 208 Å². The van der Waals surface area contributed by atoms with Crippen molar-refractivity contribution in [2.45, 2.75) is 38.1 Å². The smallest absolute Gasteiger partial charge is 0.162 e. The van der Waals surface area contributed by atoms with E-state index >= 15 is 0 Å². The maximum atomic E-state index is 14.2. The number of piperazine rings is 1. The molecule has 184 valence electrons. The van der Waals surface area contributed by atoms with E-state index in [0.717, 1.165) is 49.2 Å². The third-order valence-corrected chi connectivity index (χ3v) is 6.74. The van der Waals surface area contributed by atoms with Crippen LogP contribution in [0.3, 0.4) is 0 Å². The molecule has 2 fully saturated rings. The lowest BCUT2D eigenvalue weighted by Gasteiger charge is -2.40. The normalized spacial score (nSPS) is 17.4. The fourth-order valence-corrected chi connectivity index (χ4v) is 4.86. The number of nitrogens with zero attached hydrogens (tertiary/aromatic N) is 5. The first kappa shape index (κ1) is 22.7. The molecule has 1 saturated heterocycles. The van der Waals surface area contributed by atoms with Crippen LogP contribution in [0.25, 0.3) is 22.3 Å². The van der Waals surface area contributed by atoms with Gasteiger partial charge in [-0.1, -0.05) is 6.07 Å². The molecule has 1 saturated carbocycles. The summed E-state index contributed by atoms with van der Waals surface area (Å²) >= 11 is 0. The quantitative estimate of drug-likeness (QED) is 0.402. The highest BCUT2D eigenvalue weighted by atomic mass is 19.1. The molecule has 1 aliphatic heterocycles. The molecule has 6 rings (SSSR count). The Morgan fingerprint density at radius 1 is 1.08 bits per heavy atom. The molecule has 7 nitrogen and oxygen atoms in total. The summed E-state index contributed by atoms with van der Waals surface area (Å²) in [7, 11) is 0. The number of pyridine rings is 2. The minimum absolute atomic E-state index is 0.0555. The standard InChI is InChI=1S/C27H27F2N7/c1-27(2)15-36(11-10-32-27)26-23-18(16-6-7-16)13-30-14-21(23)33-25(35-26)17-8-9-31-22(12-17)34-24-19(28)4-3-5-20(24)29/h3-5,8-9,12-14,16,32H,6-7,10-11,15H2,1-2H3,(H,31,34). The molecule has 1 aliphatic carbocycles. The van der Waals surface area contributed by atoms with Crippen LogP contribution in [0.2, 0.25) is 0 Å². The van der Waals surface area contributed by atoms with Gasteiger partial charge in [-0.3, -0.25) is 4.98 Å². The second kappa shape index (κ2) is 8.74. The number of aromatic nitrogens is 4. The first-order chi connectivity index (χ1) is 17.4. The number of halogens is 2. The Kier molecular flexibility index (Phi) is 5.52. The van der Waals surface area contributed by atoms with E-state index in [4.69, 9.17) is 9.97 Å². The van der Waals surface area contributed by atoms with Crippen molar-refractivity contribution in [3.63, 3.8) is 0 Å². The SMILES string of the molecule is CC1(C)CN(c2nc(-c3ccnc(Nc4c(F)cccc4F)c3)nc3cncc(C4CC4)c23)CCN1. The van der Waals surface area contributed by atoms with Gasteiger partial charge in [0, 0.05) is 48.5 Å². The van der Waals surface area contributed by atoms with E-state index in [9.17, 15) is 8.78 Å². The molecular weight excluding hydrogens is 460 g/mol. The predicted molar refractivity (Wildman–Crippen MR) is 136 cm³/mol. The lowest BCUT2D eigenvalue weighted by molar-refractivity contribution is 0.352. The molecule has 2 aliphatic rings. The number of anilines is 3. The highest BCUT2D eigenvalue weighted by molar-refractivity contribution is 5.94. The van der Waals surface area contributed by atoms with Gasteiger partial charge in [-0.25, -0.2) is 23.7 Å². The Morgan fingerprint density at radius 2 is 1.89 bits per heavy atom. The molecule has 0 amide bonds. The lowest BCUT2D eigenvalue weighted by Crippen LogP contribution is -2.57. The molecule has 1 aromatic carbocycles. The van der Waals surface area contributed by atoms with E-state index in [1.165, 1.54) is 23.8 Å². The first-order valence-electron chi connectivity index (χ1n) is 12.2. The van der Waals surface area contributed by atoms with Crippen LogP contribution >= 0.6 is 0 Å². The summed E-state index contributed by atoms with van der Waals surface area (Å²) in [6, 6.07) is 7.23. The van der Waals surface area contributed by atoms with Crippen molar-refractivity contribution in [2.24, 2.45) is 0 Å². The van der Waals surface area contributed by atoms with Gasteiger partial charge in [-0.05, 0) is 62.4 Å². The van der Waals surface area contributed by atoms with Crippen molar-refractivity contribution < 1.29 is 8.78 Å². The fraction of sp³-hybridized carbons (Fsp3) is 0.333. The summed E-state index contributed by atoms with van der Waals surface area (Å²) in [5.41, 5.74) is 2.39. The molecule has 0 unspecified atom stereocenters. The van der Waals surface area contributed by atoms with Gasteiger partial charge < -0.3 is 15.5 Å². The van der Waals surface area contributed by atoms with Gasteiger partial charge in [-0.15, -0.1) is 0 Å². The minimum Gasteiger partial charge on any atom is -0.353 e. The summed E-state index contributed by atoms with van der Waals surface area (Å²) < 4.78 is 28.4. The van der Waals surface area contributed by atoms with Crippen molar-refractivity contribution >= 4 is 28.2 Å². The van der Waals surface area contributed by atoms with Crippen molar-refractivity contribution in [1.29, 1.82) is 0 Å². The maximum Gasteiger partial charge on any atom is 0.162 e. The number of rotatable bonds is 5. The molecule has 0 atom stereocenters. The lowest BCUT2D eigenvalue weighted by atomic mass is 10.0. The molecule has 4 heterocycles. The molecule has 36 heavy (non-hydrogen) atoms. The van der Waals surface area contributed by atoms with Crippen molar-refractivity contribution in [3.05, 3.63) is 66.1 Å². The summed E-state index contributed by atoms with van der Waals surface area (Å²) in [6.45, 7) is 6.87. The minimum atomic E-state index is -0.688. The van der Waals surface area contributed by atoms with Crippen LogP contribution in [0.5, 0.6) is 0 Å². The van der Waals surface area contributed by atoms with E-state index < -0.39 is 11.6 Å². The van der Waals surface area contributed by atoms with Crippen LogP contribution in [0.15, 0.2) is 48.9 Å². The van der Waals surface area contributed by atoms with Gasteiger partial charge in [0.15, 0.2) is 5.82 Å². The average molecular weight is 488 g/mol. The Morgan fingerprint density at radius 3 is 2.64 bits per heavy atom. The van der Waals surface area contributed by atoms with Gasteiger partial charge in [0.1, 0.15) is 29.0 Å². The number of nitrogens with one attached hydrogen (secondary N) is 2. The molecule has 9 heteroatoms. The van der Waals surface area contributed by atoms with E-state index in [-0.39, 0.29) is 11.2 Å². The zero-order valence-corrected chi connectivity index (χ0v) is 20.2. The first-order valence-corrected chi connectivity index (χ1v) is 12.2. The zero-order chi connectivity index (χ0) is 24.9. The van der Waals surface area contributed by atoms with Gasteiger partial charge in [0.25, 0.3) is 0 Å². The number of hydrogen-bond acceptors (Lipinski definition) is 7. The molecule has 0 spiro atoms. The predicted octanol–water partition coefficient (Wildman–Crippen LogP) is 5.17. The van der Waals surface area contributed by atoms with Crippen LogP contribution in [0.1, 0.15) is 38.2 Å². The maximum absolute atomic E-state index is 14.2. The largest absolute Gasteiger partial charge is 0.353 e. The van der Waals surface area contributed by atoms with Crippen LogP contribution in [0.4, 0.5) is 26.1 Å². The van der Waals surface area contributed by atoms with Crippen molar-refractivity contribution in [2.75, 3.05) is 29.9 Å². The van der Waals surface area contributed by atoms with E-state index in [0.29, 0.717) is 23.1 Å². The van der Waals surface area contributed by atoms with E-state index in [2.05, 4.69) is 39.3 Å². The zero-order valence-electron chi connectivity index (χ0n) is 20.2. The number of fused-ring (bicyclic) bond motifs is 1. The number of benzene rings is 1. The molecule has 4 aromatic rings. The molecular formula is C27H27F2N7. The van der Waals surface area contributed by atoms with E-state index in [1.54, 1.807) is 24.5 Å². The number of hydrogen-bond donors (Lipinski definition) is 2. The van der Waals surface area contributed by atoms with Crippen LogP contribution in [0, 0.1) is 11.6 Å². The van der Waals surface area contributed by atoms with Crippen LogP contribution in [-0.4, -0.2) is 45.1 Å². The summed E-state index contributed by atoms with van der Waals surface area (Å²) in [5.74, 6) is 0.842. The van der Waals surface area contributed by atoms with Gasteiger partial charge in [0.05, 0.1) is 11.7 Å². The topological polar surface area (TPSA) is 78.9 Å². The van der Waals surface area contributed by atoms with E-state index in [1.807, 2.05) is 6.20 Å². The summed E-state index contributed by atoms with van der Waals surface area (Å²) in [5, 5.41) is 7.39. The highest BCUT2D eigenvalue weighted by Gasteiger charge is 2.32. The summed E-state index contributed by atoms with van der Waals surface area (Å²) in [6.07, 6.45) is 7.63. The third kappa shape index (κ3) is 4.35. The summed E-state index contributed by atoms with van der Waals surface area (Å²) in [4.78, 5) is 21.0. The molecule has 0 radical (unpaired) electrons. The van der Waals surface area contributed by atoms with Gasteiger partial charge in [0.2, 0.25) is 0 Å². The van der Waals surface area contributed by atoms with Gasteiger partial charge in [-0.2, -0.15) is 0 Å². The van der Waals surface area contributed by atoms with Crippen molar-refractivity contribution in [3.8, 4) is 11.4 Å². The van der Waals surface area contributed by atoms with Crippen LogP contribution < -0.4 is 15.5 Å². The molecule has 3 aromatic heterocycles. The fourth-order valence-electron chi connectivity index (χ4n) is 4.86. The average Bonchev–Trinajstić information content (AvgIpc) is 3.70.